The number of benzene rings is 1. The predicted molar refractivity (Wildman–Crippen MR) is 80.6 cm³/mol. The summed E-state index contributed by atoms with van der Waals surface area (Å²) in [5, 5.41) is 1.62. The first-order chi connectivity index (χ1) is 9.15. The van der Waals surface area contributed by atoms with Crippen molar-refractivity contribution in [2.45, 2.75) is 6.54 Å². The van der Waals surface area contributed by atoms with Gasteiger partial charge in [-0.05, 0) is 18.2 Å². The molecule has 96 valence electrons. The lowest BCUT2D eigenvalue weighted by molar-refractivity contribution is 0.0977. The van der Waals surface area contributed by atoms with Crippen molar-refractivity contribution in [3.05, 3.63) is 56.8 Å². The molecular weight excluding hydrogens is 301 g/mol. The number of hydrogen-bond donors (Lipinski definition) is 0. The summed E-state index contributed by atoms with van der Waals surface area (Å²) < 4.78 is 2.49. The smallest absolute Gasteiger partial charge is 0.192 e. The fraction of sp³-hybridized carbons (Fsp3) is 0.0714. The molecule has 19 heavy (non-hydrogen) atoms. The number of aromatic nitrogens is 1. The minimum atomic E-state index is 0.0364. The molecule has 0 N–H and O–H groups in total. The molecule has 0 atom stereocenters. The molecule has 0 bridgehead atoms. The summed E-state index contributed by atoms with van der Waals surface area (Å²) in [4.78, 5) is 12.8. The fourth-order valence-electron chi connectivity index (χ4n) is 2.03. The van der Waals surface area contributed by atoms with E-state index in [1.807, 2.05) is 28.8 Å². The summed E-state index contributed by atoms with van der Waals surface area (Å²) in [6.07, 6.45) is 1.79. The van der Waals surface area contributed by atoms with Gasteiger partial charge in [0.25, 0.3) is 0 Å². The Morgan fingerprint density at radius 2 is 1.95 bits per heavy atom. The highest BCUT2D eigenvalue weighted by Gasteiger charge is 2.12. The molecule has 3 aromatic rings. The Hall–Kier alpha value is -1.29. The molecule has 0 spiro atoms. The van der Waals surface area contributed by atoms with Crippen LogP contribution in [-0.4, -0.2) is 10.4 Å². The van der Waals surface area contributed by atoms with Gasteiger partial charge in [-0.25, -0.2) is 0 Å². The normalized spacial score (nSPS) is 11.1. The van der Waals surface area contributed by atoms with E-state index in [9.17, 15) is 4.79 Å². The second-order valence-electron chi connectivity index (χ2n) is 4.15. The lowest BCUT2D eigenvalue weighted by Gasteiger charge is -2.02. The SMILES string of the molecule is O=C(Cn1cc(Cl)c2ccccc21)c1ccc(Cl)s1. The minimum absolute atomic E-state index is 0.0364. The van der Waals surface area contributed by atoms with E-state index >= 15 is 0 Å². The van der Waals surface area contributed by atoms with Gasteiger partial charge in [-0.1, -0.05) is 41.4 Å². The van der Waals surface area contributed by atoms with Crippen molar-refractivity contribution in [1.82, 2.24) is 4.57 Å². The summed E-state index contributed by atoms with van der Waals surface area (Å²) in [6, 6.07) is 11.3. The Morgan fingerprint density at radius 3 is 2.68 bits per heavy atom. The predicted octanol–water partition coefficient (Wildman–Crippen LogP) is 4.89. The summed E-state index contributed by atoms with van der Waals surface area (Å²) in [7, 11) is 0. The Labute approximate surface area is 124 Å². The molecule has 2 aromatic heterocycles. The zero-order valence-electron chi connectivity index (χ0n) is 9.77. The number of carbonyl (C=O) groups is 1. The van der Waals surface area contributed by atoms with Crippen LogP contribution in [0.3, 0.4) is 0 Å². The number of thiophene rings is 1. The third-order valence-electron chi connectivity index (χ3n) is 2.90. The Balaban J connectivity index is 1.95. The first kappa shape index (κ1) is 12.7. The van der Waals surface area contributed by atoms with E-state index in [-0.39, 0.29) is 12.3 Å². The highest BCUT2D eigenvalue weighted by atomic mass is 35.5. The molecule has 0 aliphatic rings. The van der Waals surface area contributed by atoms with Gasteiger partial charge in [0.05, 0.1) is 20.8 Å². The van der Waals surface area contributed by atoms with Gasteiger partial charge >= 0.3 is 0 Å². The molecule has 0 unspecified atom stereocenters. The molecule has 0 saturated heterocycles. The van der Waals surface area contributed by atoms with Gasteiger partial charge in [0.15, 0.2) is 5.78 Å². The van der Waals surface area contributed by atoms with Crippen molar-refractivity contribution >= 4 is 51.2 Å². The average Bonchev–Trinajstić information content (AvgIpc) is 2.96. The van der Waals surface area contributed by atoms with Gasteiger partial charge < -0.3 is 4.57 Å². The van der Waals surface area contributed by atoms with Crippen molar-refractivity contribution in [1.29, 1.82) is 0 Å². The minimum Gasteiger partial charge on any atom is -0.338 e. The first-order valence-corrected chi connectivity index (χ1v) is 7.24. The number of halogens is 2. The number of para-hydroxylation sites is 1. The van der Waals surface area contributed by atoms with Crippen LogP contribution in [0.1, 0.15) is 9.67 Å². The first-order valence-electron chi connectivity index (χ1n) is 5.67. The standard InChI is InChI=1S/C14H9Cl2NOS/c15-10-7-17(11-4-2-1-3-9(10)11)8-12(18)13-5-6-14(16)19-13/h1-7H,8H2. The summed E-state index contributed by atoms with van der Waals surface area (Å²) in [5.41, 5.74) is 0.962. The van der Waals surface area contributed by atoms with Crippen LogP contribution in [0.2, 0.25) is 9.36 Å². The summed E-state index contributed by atoms with van der Waals surface area (Å²) in [6.45, 7) is 0.268. The van der Waals surface area contributed by atoms with Crippen LogP contribution in [0, 0.1) is 0 Å². The topological polar surface area (TPSA) is 22.0 Å². The Bertz CT molecular complexity index is 760. The molecule has 0 fully saturated rings. The molecular formula is C14H9Cl2NOS. The average molecular weight is 310 g/mol. The van der Waals surface area contributed by atoms with Crippen molar-refractivity contribution in [3.8, 4) is 0 Å². The van der Waals surface area contributed by atoms with Crippen molar-refractivity contribution in [3.63, 3.8) is 0 Å². The van der Waals surface area contributed by atoms with Gasteiger partial charge in [-0.15, -0.1) is 11.3 Å². The second kappa shape index (κ2) is 5.00. The molecule has 0 radical (unpaired) electrons. The molecule has 1 aromatic carbocycles. The lowest BCUT2D eigenvalue weighted by atomic mass is 10.2. The molecule has 0 saturated carbocycles. The largest absolute Gasteiger partial charge is 0.338 e. The van der Waals surface area contributed by atoms with Crippen LogP contribution in [0.5, 0.6) is 0 Å². The van der Waals surface area contributed by atoms with Gasteiger partial charge in [0, 0.05) is 17.1 Å². The Kier molecular flexibility index (Phi) is 3.35. The van der Waals surface area contributed by atoms with Crippen LogP contribution in [0.15, 0.2) is 42.6 Å². The van der Waals surface area contributed by atoms with Gasteiger partial charge in [-0.3, -0.25) is 4.79 Å². The van der Waals surface area contributed by atoms with E-state index < -0.39 is 0 Å². The number of nitrogens with zero attached hydrogens (tertiary/aromatic N) is 1. The second-order valence-corrected chi connectivity index (χ2v) is 6.27. The molecule has 5 heteroatoms. The molecule has 0 aliphatic heterocycles. The zero-order chi connectivity index (χ0) is 13.4. The summed E-state index contributed by atoms with van der Waals surface area (Å²) >= 11 is 13.3. The van der Waals surface area contributed by atoms with Crippen molar-refractivity contribution in [2.24, 2.45) is 0 Å². The molecule has 3 rings (SSSR count). The Morgan fingerprint density at radius 1 is 1.16 bits per heavy atom. The quantitative estimate of drug-likeness (QED) is 0.631. The third kappa shape index (κ3) is 2.41. The fourth-order valence-corrected chi connectivity index (χ4v) is 3.28. The molecule has 0 aliphatic carbocycles. The number of ketones is 1. The lowest BCUT2D eigenvalue weighted by Crippen LogP contribution is -2.07. The maximum atomic E-state index is 12.2. The number of fused-ring (bicyclic) bond motifs is 1. The highest BCUT2D eigenvalue weighted by molar-refractivity contribution is 7.18. The highest BCUT2D eigenvalue weighted by Crippen LogP contribution is 2.27. The molecule has 0 amide bonds. The van der Waals surface area contributed by atoms with Crippen molar-refractivity contribution < 1.29 is 4.79 Å². The molecule has 2 heterocycles. The molecule has 2 nitrogen and oxygen atoms in total. The number of carbonyl (C=O) groups excluding carboxylic acids is 1. The maximum Gasteiger partial charge on any atom is 0.192 e. The van der Waals surface area contributed by atoms with Crippen molar-refractivity contribution in [2.75, 3.05) is 0 Å². The van der Waals surface area contributed by atoms with Crippen LogP contribution >= 0.6 is 34.5 Å². The number of hydrogen-bond acceptors (Lipinski definition) is 2. The van der Waals surface area contributed by atoms with E-state index in [0.29, 0.717) is 14.2 Å². The van der Waals surface area contributed by atoms with Gasteiger partial charge in [0.1, 0.15) is 0 Å². The van der Waals surface area contributed by atoms with E-state index in [2.05, 4.69) is 0 Å². The zero-order valence-corrected chi connectivity index (χ0v) is 12.1. The van der Waals surface area contributed by atoms with Crippen LogP contribution in [0.4, 0.5) is 0 Å². The number of rotatable bonds is 3. The van der Waals surface area contributed by atoms with E-state index in [1.165, 1.54) is 11.3 Å². The van der Waals surface area contributed by atoms with E-state index in [0.717, 1.165) is 10.9 Å². The number of Topliss-reactive ketones (excluding diaryl/α,β-unsaturated/α-hetero) is 1. The van der Waals surface area contributed by atoms with Gasteiger partial charge in [-0.2, -0.15) is 0 Å². The van der Waals surface area contributed by atoms with Crippen LogP contribution < -0.4 is 0 Å². The maximum absolute atomic E-state index is 12.2. The van der Waals surface area contributed by atoms with Gasteiger partial charge in [0.2, 0.25) is 0 Å². The van der Waals surface area contributed by atoms with Crippen LogP contribution in [-0.2, 0) is 6.54 Å². The van der Waals surface area contributed by atoms with E-state index in [4.69, 9.17) is 23.2 Å². The van der Waals surface area contributed by atoms with Crippen LogP contribution in [0.25, 0.3) is 10.9 Å². The van der Waals surface area contributed by atoms with E-state index in [1.54, 1.807) is 18.3 Å². The monoisotopic (exact) mass is 309 g/mol. The third-order valence-corrected chi connectivity index (χ3v) is 4.48. The summed E-state index contributed by atoms with van der Waals surface area (Å²) in [5.74, 6) is 0.0364.